The lowest BCUT2D eigenvalue weighted by atomic mass is 10.2. The molecule has 9 heteroatoms. The molecule has 1 heterocycles. The smallest absolute Gasteiger partial charge is 0.235 e. The van der Waals surface area contributed by atoms with Gasteiger partial charge in [-0.2, -0.15) is 10.4 Å². The summed E-state index contributed by atoms with van der Waals surface area (Å²) in [6, 6.07) is 14.9. The van der Waals surface area contributed by atoms with Crippen molar-refractivity contribution in [1.29, 1.82) is 5.26 Å². The van der Waals surface area contributed by atoms with E-state index in [1.165, 1.54) is 35.1 Å². The van der Waals surface area contributed by atoms with Crippen molar-refractivity contribution in [2.24, 2.45) is 10.1 Å². The first-order valence-electron chi connectivity index (χ1n) is 7.29. The second-order valence-electron chi connectivity index (χ2n) is 5.25. The standard InChI is InChI=1S/C17H12ClN5O2S/c18-14-3-1-12(2-4-14)10-21-17-13(9-19)11-22-23(17)15-5-7-16(8-6-15)26(20,24)25/h1-8,10-11H,(H2,20,24,25). The third-order valence-corrected chi connectivity index (χ3v) is 4.66. The van der Waals surface area contributed by atoms with Crippen LogP contribution < -0.4 is 5.14 Å². The molecule has 1 aromatic heterocycles. The summed E-state index contributed by atoms with van der Waals surface area (Å²) >= 11 is 5.86. The average molecular weight is 386 g/mol. The van der Waals surface area contributed by atoms with Crippen molar-refractivity contribution >= 4 is 33.7 Å². The van der Waals surface area contributed by atoms with Crippen LogP contribution in [0.25, 0.3) is 5.69 Å². The van der Waals surface area contributed by atoms with E-state index in [-0.39, 0.29) is 10.5 Å². The molecule has 2 N–H and O–H groups in total. The van der Waals surface area contributed by atoms with E-state index in [4.69, 9.17) is 16.7 Å². The summed E-state index contributed by atoms with van der Waals surface area (Å²) < 4.78 is 24.2. The Morgan fingerprint density at radius 3 is 2.38 bits per heavy atom. The second kappa shape index (κ2) is 7.09. The van der Waals surface area contributed by atoms with Crippen LogP contribution in [0.4, 0.5) is 5.82 Å². The minimum Gasteiger partial charge on any atom is -0.235 e. The van der Waals surface area contributed by atoms with Crippen molar-refractivity contribution in [1.82, 2.24) is 9.78 Å². The van der Waals surface area contributed by atoms with E-state index >= 15 is 0 Å². The van der Waals surface area contributed by atoms with E-state index in [0.717, 1.165) is 5.56 Å². The molecule has 0 fully saturated rings. The number of nitrogens with two attached hydrogens (primary N) is 1. The zero-order valence-corrected chi connectivity index (χ0v) is 14.8. The quantitative estimate of drug-likeness (QED) is 0.695. The normalized spacial score (nSPS) is 11.6. The van der Waals surface area contributed by atoms with E-state index in [9.17, 15) is 13.7 Å². The van der Waals surface area contributed by atoms with Crippen molar-refractivity contribution in [3.8, 4) is 11.8 Å². The van der Waals surface area contributed by atoms with Gasteiger partial charge >= 0.3 is 0 Å². The van der Waals surface area contributed by atoms with Crippen molar-refractivity contribution in [3.05, 3.63) is 70.9 Å². The molecule has 3 rings (SSSR count). The highest BCUT2D eigenvalue weighted by atomic mass is 35.5. The summed E-state index contributed by atoms with van der Waals surface area (Å²) in [6.45, 7) is 0. The lowest BCUT2D eigenvalue weighted by Gasteiger charge is -2.05. The maximum Gasteiger partial charge on any atom is 0.238 e. The number of nitrogens with zero attached hydrogens (tertiary/aromatic N) is 4. The summed E-state index contributed by atoms with van der Waals surface area (Å²) in [4.78, 5) is 4.34. The molecule has 0 unspecified atom stereocenters. The first-order valence-corrected chi connectivity index (χ1v) is 9.22. The molecule has 0 amide bonds. The number of aliphatic imine (C=N–C) groups is 1. The fraction of sp³-hybridized carbons (Fsp3) is 0. The van der Waals surface area contributed by atoms with Crippen LogP contribution >= 0.6 is 11.6 Å². The molecular formula is C17H12ClN5O2S. The van der Waals surface area contributed by atoms with Crippen molar-refractivity contribution < 1.29 is 8.42 Å². The van der Waals surface area contributed by atoms with E-state index in [1.54, 1.807) is 30.5 Å². The summed E-state index contributed by atoms with van der Waals surface area (Å²) in [5.74, 6) is 0.325. The van der Waals surface area contributed by atoms with Gasteiger partial charge in [0.25, 0.3) is 0 Å². The number of rotatable bonds is 4. The lowest BCUT2D eigenvalue weighted by Crippen LogP contribution is -2.12. The molecular weight excluding hydrogens is 374 g/mol. The first-order chi connectivity index (χ1) is 12.4. The van der Waals surface area contributed by atoms with Crippen LogP contribution in [0.5, 0.6) is 0 Å². The van der Waals surface area contributed by atoms with Crippen LogP contribution in [-0.2, 0) is 10.0 Å². The molecule has 3 aromatic rings. The molecule has 2 aromatic carbocycles. The zero-order chi connectivity index (χ0) is 18.7. The largest absolute Gasteiger partial charge is 0.238 e. The number of aromatic nitrogens is 2. The van der Waals surface area contributed by atoms with Crippen LogP contribution in [0.1, 0.15) is 11.1 Å². The van der Waals surface area contributed by atoms with Gasteiger partial charge in [-0.25, -0.2) is 23.2 Å². The third kappa shape index (κ3) is 3.81. The molecule has 0 aliphatic rings. The number of hydrogen-bond donors (Lipinski definition) is 1. The first kappa shape index (κ1) is 17.8. The van der Waals surface area contributed by atoms with Crippen LogP contribution in [0.2, 0.25) is 5.02 Å². The Labute approximate surface area is 155 Å². The fourth-order valence-corrected chi connectivity index (χ4v) is 2.84. The van der Waals surface area contributed by atoms with E-state index in [0.29, 0.717) is 16.5 Å². The monoisotopic (exact) mass is 385 g/mol. The molecule has 0 spiro atoms. The molecule has 0 aliphatic carbocycles. The summed E-state index contributed by atoms with van der Waals surface area (Å²) in [6.07, 6.45) is 2.98. The number of hydrogen-bond acceptors (Lipinski definition) is 5. The summed E-state index contributed by atoms with van der Waals surface area (Å²) in [7, 11) is -3.78. The Hall–Kier alpha value is -2.99. The van der Waals surface area contributed by atoms with Gasteiger partial charge in [0.1, 0.15) is 11.6 Å². The molecule has 0 saturated carbocycles. The highest BCUT2D eigenvalue weighted by Gasteiger charge is 2.13. The molecule has 26 heavy (non-hydrogen) atoms. The molecule has 0 aliphatic heterocycles. The van der Waals surface area contributed by atoms with E-state index in [2.05, 4.69) is 10.1 Å². The van der Waals surface area contributed by atoms with Crippen molar-refractivity contribution in [2.45, 2.75) is 4.90 Å². The van der Waals surface area contributed by atoms with Crippen molar-refractivity contribution in [2.75, 3.05) is 0 Å². The second-order valence-corrected chi connectivity index (χ2v) is 7.25. The average Bonchev–Trinajstić information content (AvgIpc) is 3.03. The van der Waals surface area contributed by atoms with Gasteiger partial charge in [-0.15, -0.1) is 0 Å². The van der Waals surface area contributed by atoms with Gasteiger partial charge < -0.3 is 0 Å². The van der Waals surface area contributed by atoms with Crippen LogP contribution in [0.15, 0.2) is 64.6 Å². The van der Waals surface area contributed by atoms with E-state index in [1.807, 2.05) is 6.07 Å². The van der Waals surface area contributed by atoms with Crippen molar-refractivity contribution in [3.63, 3.8) is 0 Å². The zero-order valence-electron chi connectivity index (χ0n) is 13.2. The number of benzene rings is 2. The van der Waals surface area contributed by atoms with Crippen LogP contribution in [0, 0.1) is 11.3 Å². The van der Waals surface area contributed by atoms with Gasteiger partial charge in [0, 0.05) is 11.2 Å². The molecule has 130 valence electrons. The van der Waals surface area contributed by atoms with Crippen LogP contribution in [-0.4, -0.2) is 24.4 Å². The fourth-order valence-electron chi connectivity index (χ4n) is 2.20. The van der Waals surface area contributed by atoms with Gasteiger partial charge in [0.15, 0.2) is 5.82 Å². The highest BCUT2D eigenvalue weighted by molar-refractivity contribution is 7.89. The maximum absolute atomic E-state index is 11.4. The molecule has 0 saturated heterocycles. The maximum atomic E-state index is 11.4. The Bertz CT molecular complexity index is 1110. The number of sulfonamides is 1. The van der Waals surface area contributed by atoms with Gasteiger partial charge in [-0.05, 0) is 42.0 Å². The number of halogens is 1. The Balaban J connectivity index is 2.00. The highest BCUT2D eigenvalue weighted by Crippen LogP contribution is 2.23. The van der Waals surface area contributed by atoms with Gasteiger partial charge in [0.05, 0.1) is 16.8 Å². The predicted molar refractivity (Wildman–Crippen MR) is 98.4 cm³/mol. The summed E-state index contributed by atoms with van der Waals surface area (Å²) in [5, 5.41) is 19.1. The Morgan fingerprint density at radius 1 is 1.15 bits per heavy atom. The number of primary sulfonamides is 1. The third-order valence-electron chi connectivity index (χ3n) is 3.48. The molecule has 7 nitrogen and oxygen atoms in total. The topological polar surface area (TPSA) is 114 Å². The lowest BCUT2D eigenvalue weighted by molar-refractivity contribution is 0.598. The Morgan fingerprint density at radius 2 is 1.81 bits per heavy atom. The SMILES string of the molecule is N#Cc1cnn(-c2ccc(S(N)(=O)=O)cc2)c1N=Cc1ccc(Cl)cc1. The van der Waals surface area contributed by atoms with E-state index < -0.39 is 10.0 Å². The van der Waals surface area contributed by atoms with Gasteiger partial charge in [-0.3, -0.25) is 0 Å². The van der Waals surface area contributed by atoms with Gasteiger partial charge in [-0.1, -0.05) is 23.7 Å². The number of nitriles is 1. The minimum absolute atomic E-state index is 0.0138. The predicted octanol–water partition coefficient (Wildman–Crippen LogP) is 2.80. The molecule has 0 atom stereocenters. The minimum atomic E-state index is -3.78. The Kier molecular flexibility index (Phi) is 4.86. The molecule has 0 radical (unpaired) electrons. The van der Waals surface area contributed by atoms with Gasteiger partial charge in [0.2, 0.25) is 10.0 Å². The van der Waals surface area contributed by atoms with Crippen LogP contribution in [0.3, 0.4) is 0 Å². The molecule has 0 bridgehead atoms. The summed E-state index contributed by atoms with van der Waals surface area (Å²) in [5.41, 5.74) is 1.63.